The van der Waals surface area contributed by atoms with E-state index in [2.05, 4.69) is 48.3 Å². The predicted octanol–water partition coefficient (Wildman–Crippen LogP) is 4.32. The maximum absolute atomic E-state index is 12.6. The summed E-state index contributed by atoms with van der Waals surface area (Å²) in [7, 11) is 0. The number of fused-ring (bicyclic) bond motifs is 1. The number of carbonyl (C=O) groups excluding carboxylic acids is 2. The molecule has 0 unspecified atom stereocenters. The standard InChI is InChI=1S/C22H26N2O2S/c1-3-24(17-8-4-7-16(2)15-17)13-6-12-23-22(26)19-10-5-9-18-20(25)11-14-27-21(18)19/h4-5,7-10,15H,3,6,11-14H2,1-2H3,(H,23,26). The molecule has 1 amide bonds. The van der Waals surface area contributed by atoms with E-state index in [1.54, 1.807) is 17.8 Å². The lowest BCUT2D eigenvalue weighted by molar-refractivity contribution is 0.0950. The molecule has 0 atom stereocenters. The zero-order valence-corrected chi connectivity index (χ0v) is 16.8. The molecule has 0 aliphatic carbocycles. The predicted molar refractivity (Wildman–Crippen MR) is 112 cm³/mol. The van der Waals surface area contributed by atoms with Crippen LogP contribution in [-0.2, 0) is 0 Å². The number of benzene rings is 2. The second-order valence-corrected chi connectivity index (χ2v) is 7.84. The normalized spacial score (nSPS) is 13.2. The number of nitrogens with one attached hydrogen (secondary N) is 1. The van der Waals surface area contributed by atoms with Gasteiger partial charge in [-0.15, -0.1) is 11.8 Å². The molecule has 0 aromatic heterocycles. The van der Waals surface area contributed by atoms with Crippen LogP contribution < -0.4 is 10.2 Å². The molecule has 0 fully saturated rings. The number of hydrogen-bond donors (Lipinski definition) is 1. The second-order valence-electron chi connectivity index (χ2n) is 6.73. The van der Waals surface area contributed by atoms with E-state index in [0.29, 0.717) is 24.1 Å². The van der Waals surface area contributed by atoms with Crippen LogP contribution >= 0.6 is 11.8 Å². The van der Waals surface area contributed by atoms with Gasteiger partial charge >= 0.3 is 0 Å². The average molecular weight is 383 g/mol. The molecule has 5 heteroatoms. The van der Waals surface area contributed by atoms with Gasteiger partial charge in [-0.3, -0.25) is 9.59 Å². The zero-order chi connectivity index (χ0) is 19.2. The Morgan fingerprint density at radius 1 is 1.22 bits per heavy atom. The summed E-state index contributed by atoms with van der Waals surface area (Å²) in [5, 5.41) is 3.02. The van der Waals surface area contributed by atoms with Crippen molar-refractivity contribution in [3.63, 3.8) is 0 Å². The fraction of sp³-hybridized carbons (Fsp3) is 0.364. The SMILES string of the molecule is CCN(CCCNC(=O)c1cccc2c1SCCC2=O)c1cccc(C)c1. The van der Waals surface area contributed by atoms with Crippen molar-refractivity contribution in [1.82, 2.24) is 5.32 Å². The van der Waals surface area contributed by atoms with Gasteiger partial charge in [0, 0.05) is 48.0 Å². The van der Waals surface area contributed by atoms with Gasteiger partial charge in [-0.25, -0.2) is 0 Å². The van der Waals surface area contributed by atoms with Crippen molar-refractivity contribution in [3.8, 4) is 0 Å². The molecule has 0 radical (unpaired) electrons. The minimum Gasteiger partial charge on any atom is -0.372 e. The third kappa shape index (κ3) is 4.72. The Morgan fingerprint density at radius 2 is 2.04 bits per heavy atom. The Balaban J connectivity index is 1.56. The van der Waals surface area contributed by atoms with Crippen molar-refractivity contribution in [2.24, 2.45) is 0 Å². The molecule has 3 rings (SSSR count). The first kappa shape index (κ1) is 19.5. The number of hydrogen-bond acceptors (Lipinski definition) is 4. The second kappa shape index (κ2) is 9.09. The Hall–Kier alpha value is -2.27. The van der Waals surface area contributed by atoms with Crippen molar-refractivity contribution >= 4 is 29.1 Å². The van der Waals surface area contributed by atoms with Crippen LogP contribution in [0.15, 0.2) is 47.4 Å². The smallest absolute Gasteiger partial charge is 0.252 e. The highest BCUT2D eigenvalue weighted by atomic mass is 32.2. The first-order valence-electron chi connectivity index (χ1n) is 9.49. The molecule has 4 nitrogen and oxygen atoms in total. The molecule has 1 N–H and O–H groups in total. The molecule has 1 heterocycles. The summed E-state index contributed by atoms with van der Waals surface area (Å²) in [5.41, 5.74) is 3.78. The molecule has 142 valence electrons. The van der Waals surface area contributed by atoms with Crippen LogP contribution in [0.25, 0.3) is 0 Å². The number of anilines is 1. The van der Waals surface area contributed by atoms with Gasteiger partial charge in [-0.05, 0) is 44.0 Å². The zero-order valence-electron chi connectivity index (χ0n) is 16.0. The maximum atomic E-state index is 12.6. The van der Waals surface area contributed by atoms with Crippen molar-refractivity contribution in [1.29, 1.82) is 0 Å². The molecular formula is C22H26N2O2S. The van der Waals surface area contributed by atoms with Gasteiger partial charge in [0.05, 0.1) is 5.56 Å². The fourth-order valence-electron chi connectivity index (χ4n) is 3.33. The Kier molecular flexibility index (Phi) is 6.56. The summed E-state index contributed by atoms with van der Waals surface area (Å²) in [4.78, 5) is 27.8. The highest BCUT2D eigenvalue weighted by molar-refractivity contribution is 7.99. The van der Waals surface area contributed by atoms with Gasteiger partial charge in [0.15, 0.2) is 5.78 Å². The van der Waals surface area contributed by atoms with Crippen molar-refractivity contribution in [3.05, 3.63) is 59.2 Å². The summed E-state index contributed by atoms with van der Waals surface area (Å²) in [6.07, 6.45) is 1.42. The first-order chi connectivity index (χ1) is 13.1. The maximum Gasteiger partial charge on any atom is 0.252 e. The van der Waals surface area contributed by atoms with Crippen LogP contribution in [0.2, 0.25) is 0 Å². The number of ketones is 1. The van der Waals surface area contributed by atoms with Gasteiger partial charge in [0.2, 0.25) is 0 Å². The van der Waals surface area contributed by atoms with Gasteiger partial charge < -0.3 is 10.2 Å². The molecule has 0 spiro atoms. The van der Waals surface area contributed by atoms with Gasteiger partial charge in [0.25, 0.3) is 5.91 Å². The van der Waals surface area contributed by atoms with Crippen LogP contribution in [0.5, 0.6) is 0 Å². The average Bonchev–Trinajstić information content (AvgIpc) is 2.68. The number of amides is 1. The molecule has 27 heavy (non-hydrogen) atoms. The topological polar surface area (TPSA) is 49.4 Å². The molecular weight excluding hydrogens is 356 g/mol. The molecule has 2 aromatic carbocycles. The highest BCUT2D eigenvalue weighted by Crippen LogP contribution is 2.32. The van der Waals surface area contributed by atoms with Crippen molar-refractivity contribution in [2.45, 2.75) is 31.6 Å². The van der Waals surface area contributed by atoms with Crippen LogP contribution in [0, 0.1) is 6.92 Å². The van der Waals surface area contributed by atoms with Gasteiger partial charge in [0.1, 0.15) is 0 Å². The van der Waals surface area contributed by atoms with Crippen LogP contribution in [-0.4, -0.2) is 37.1 Å². The molecule has 0 saturated carbocycles. The van der Waals surface area contributed by atoms with Crippen molar-refractivity contribution in [2.75, 3.05) is 30.3 Å². The van der Waals surface area contributed by atoms with E-state index >= 15 is 0 Å². The van der Waals surface area contributed by atoms with Crippen molar-refractivity contribution < 1.29 is 9.59 Å². The van der Waals surface area contributed by atoms with Crippen LogP contribution in [0.3, 0.4) is 0 Å². The molecule has 0 saturated heterocycles. The number of rotatable bonds is 7. The molecule has 2 aromatic rings. The lowest BCUT2D eigenvalue weighted by Crippen LogP contribution is -2.30. The van der Waals surface area contributed by atoms with Crippen LogP contribution in [0.1, 0.15) is 46.0 Å². The van der Waals surface area contributed by atoms with E-state index in [0.717, 1.165) is 30.2 Å². The number of Topliss-reactive ketones (excluding diaryl/α,β-unsaturated/α-hetero) is 1. The summed E-state index contributed by atoms with van der Waals surface area (Å²) in [6, 6.07) is 13.9. The molecule has 0 bridgehead atoms. The number of nitrogens with zero attached hydrogens (tertiary/aromatic N) is 1. The quantitative estimate of drug-likeness (QED) is 0.725. The lowest BCUT2D eigenvalue weighted by atomic mass is 10.0. The summed E-state index contributed by atoms with van der Waals surface area (Å²) < 4.78 is 0. The van der Waals surface area contributed by atoms with E-state index in [4.69, 9.17) is 0 Å². The summed E-state index contributed by atoms with van der Waals surface area (Å²) in [5.74, 6) is 0.792. The van der Waals surface area contributed by atoms with E-state index in [9.17, 15) is 9.59 Å². The van der Waals surface area contributed by atoms with Gasteiger partial charge in [-0.2, -0.15) is 0 Å². The third-order valence-electron chi connectivity index (χ3n) is 4.77. The first-order valence-corrected chi connectivity index (χ1v) is 10.5. The van der Waals surface area contributed by atoms with Crippen LogP contribution in [0.4, 0.5) is 5.69 Å². The van der Waals surface area contributed by atoms with E-state index < -0.39 is 0 Å². The summed E-state index contributed by atoms with van der Waals surface area (Å²) in [6.45, 7) is 6.68. The Bertz CT molecular complexity index is 835. The number of aryl methyl sites for hydroxylation is 1. The van der Waals surface area contributed by atoms with E-state index in [1.807, 2.05) is 12.1 Å². The highest BCUT2D eigenvalue weighted by Gasteiger charge is 2.22. The third-order valence-corrected chi connectivity index (χ3v) is 5.91. The minimum atomic E-state index is -0.0901. The summed E-state index contributed by atoms with van der Waals surface area (Å²) >= 11 is 1.60. The molecule has 1 aliphatic rings. The largest absolute Gasteiger partial charge is 0.372 e. The lowest BCUT2D eigenvalue weighted by Gasteiger charge is -2.23. The number of thioether (sulfide) groups is 1. The van der Waals surface area contributed by atoms with Gasteiger partial charge in [-0.1, -0.05) is 24.3 Å². The number of carbonyl (C=O) groups is 2. The molecule has 1 aliphatic heterocycles. The Labute approximate surface area is 165 Å². The monoisotopic (exact) mass is 382 g/mol. The fourth-order valence-corrected chi connectivity index (χ4v) is 4.48. The Morgan fingerprint density at radius 3 is 2.81 bits per heavy atom. The van der Waals surface area contributed by atoms with E-state index in [-0.39, 0.29) is 11.7 Å². The minimum absolute atomic E-state index is 0.0901. The van der Waals surface area contributed by atoms with E-state index in [1.165, 1.54) is 11.3 Å².